The lowest BCUT2D eigenvalue weighted by Crippen LogP contribution is -2.28. The van der Waals surface area contributed by atoms with Gasteiger partial charge in [-0.15, -0.1) is 0 Å². The van der Waals surface area contributed by atoms with Crippen molar-refractivity contribution in [2.24, 2.45) is 0 Å². The summed E-state index contributed by atoms with van der Waals surface area (Å²) in [5.74, 6) is 0. The first kappa shape index (κ1) is 8.50. The number of rotatable bonds is 3. The molecule has 54 valence electrons. The summed E-state index contributed by atoms with van der Waals surface area (Å²) in [4.78, 5) is 0. The van der Waals surface area contributed by atoms with Gasteiger partial charge in [0.05, 0.1) is 0 Å². The van der Waals surface area contributed by atoms with Crippen LogP contribution in [0.5, 0.6) is 0 Å². The van der Waals surface area contributed by atoms with Crippen molar-refractivity contribution >= 4 is 0 Å². The first-order valence-electron chi connectivity index (χ1n) is 3.30. The summed E-state index contributed by atoms with van der Waals surface area (Å²) >= 11 is 0. The summed E-state index contributed by atoms with van der Waals surface area (Å²) in [6.07, 6.45) is 3.27. The lowest BCUT2D eigenvalue weighted by Gasteiger charge is -2.17. The third-order valence-electron chi connectivity index (χ3n) is 1.36. The van der Waals surface area contributed by atoms with Crippen molar-refractivity contribution in [2.45, 2.75) is 20.3 Å². The van der Waals surface area contributed by atoms with Crippen LogP contribution < -0.4 is 5.43 Å². The molecule has 0 aromatic heterocycles. The molecule has 0 aliphatic carbocycles. The molecule has 0 bridgehead atoms. The van der Waals surface area contributed by atoms with Crippen molar-refractivity contribution in [3.05, 3.63) is 11.8 Å². The van der Waals surface area contributed by atoms with Crippen LogP contribution in [0.1, 0.15) is 20.3 Å². The average molecular weight is 128 g/mol. The van der Waals surface area contributed by atoms with E-state index in [1.165, 1.54) is 5.70 Å². The van der Waals surface area contributed by atoms with Crippen molar-refractivity contribution in [3.63, 3.8) is 0 Å². The topological polar surface area (TPSA) is 15.3 Å². The monoisotopic (exact) mass is 128 g/mol. The molecule has 0 aromatic carbocycles. The fraction of sp³-hybridized carbons (Fsp3) is 0.714. The van der Waals surface area contributed by atoms with Gasteiger partial charge in [0.15, 0.2) is 0 Å². The molecule has 0 aliphatic rings. The Morgan fingerprint density at radius 3 is 2.56 bits per heavy atom. The molecule has 0 unspecified atom stereocenters. The van der Waals surface area contributed by atoms with E-state index in [1.54, 1.807) is 0 Å². The highest BCUT2D eigenvalue weighted by molar-refractivity contribution is 4.93. The second-order valence-corrected chi connectivity index (χ2v) is 2.04. The van der Waals surface area contributed by atoms with Gasteiger partial charge in [-0.05, 0) is 13.3 Å². The molecule has 2 heteroatoms. The van der Waals surface area contributed by atoms with Crippen molar-refractivity contribution in [1.29, 1.82) is 0 Å². The van der Waals surface area contributed by atoms with Gasteiger partial charge >= 0.3 is 0 Å². The van der Waals surface area contributed by atoms with Crippen LogP contribution in [0.4, 0.5) is 0 Å². The summed E-state index contributed by atoms with van der Waals surface area (Å²) in [7, 11) is 3.91. The molecule has 0 saturated carbocycles. The lowest BCUT2D eigenvalue weighted by atomic mass is 10.3. The predicted octanol–water partition coefficient (Wildman–Crippen LogP) is 1.37. The summed E-state index contributed by atoms with van der Waals surface area (Å²) in [6, 6.07) is 0. The van der Waals surface area contributed by atoms with Gasteiger partial charge in [-0.25, -0.2) is 5.43 Å². The first-order valence-corrected chi connectivity index (χ1v) is 3.30. The second kappa shape index (κ2) is 4.39. The third kappa shape index (κ3) is 3.14. The van der Waals surface area contributed by atoms with Crippen LogP contribution in [0, 0.1) is 0 Å². The minimum absolute atomic E-state index is 1.10. The SMILES string of the molecule is CC/C=C(\C)N(C)NC. The summed E-state index contributed by atoms with van der Waals surface area (Å²) in [5, 5.41) is 1.99. The minimum atomic E-state index is 1.10. The lowest BCUT2D eigenvalue weighted by molar-refractivity contribution is 0.332. The smallest absolute Gasteiger partial charge is 0.0228 e. The van der Waals surface area contributed by atoms with E-state index >= 15 is 0 Å². The Bertz CT molecular complexity index is 97.1. The van der Waals surface area contributed by atoms with Crippen molar-refractivity contribution in [3.8, 4) is 0 Å². The van der Waals surface area contributed by atoms with E-state index in [-0.39, 0.29) is 0 Å². The number of nitrogens with zero attached hydrogens (tertiary/aromatic N) is 1. The van der Waals surface area contributed by atoms with Gasteiger partial charge in [0.1, 0.15) is 0 Å². The van der Waals surface area contributed by atoms with Crippen LogP contribution in [0.2, 0.25) is 0 Å². The van der Waals surface area contributed by atoms with E-state index in [4.69, 9.17) is 0 Å². The molecule has 0 aliphatic heterocycles. The summed E-state index contributed by atoms with van der Waals surface area (Å²) in [5.41, 5.74) is 4.28. The van der Waals surface area contributed by atoms with Gasteiger partial charge in [0.2, 0.25) is 0 Å². The summed E-state index contributed by atoms with van der Waals surface area (Å²) in [6.45, 7) is 4.22. The molecule has 1 N–H and O–H groups in total. The molecule has 0 fully saturated rings. The van der Waals surface area contributed by atoms with Gasteiger partial charge in [-0.1, -0.05) is 13.0 Å². The molecule has 0 atom stereocenters. The summed E-state index contributed by atoms with van der Waals surface area (Å²) < 4.78 is 0. The third-order valence-corrected chi connectivity index (χ3v) is 1.36. The molecule has 0 heterocycles. The van der Waals surface area contributed by atoms with Crippen molar-refractivity contribution in [1.82, 2.24) is 10.4 Å². The van der Waals surface area contributed by atoms with Crippen LogP contribution >= 0.6 is 0 Å². The molecule has 0 rings (SSSR count). The normalized spacial score (nSPS) is 11.8. The molecule has 0 spiro atoms. The van der Waals surface area contributed by atoms with Gasteiger partial charge in [-0.3, -0.25) is 0 Å². The molecule has 0 radical (unpaired) electrons. The predicted molar refractivity (Wildman–Crippen MR) is 40.9 cm³/mol. The fourth-order valence-corrected chi connectivity index (χ4v) is 0.609. The fourth-order valence-electron chi connectivity index (χ4n) is 0.609. The zero-order valence-electron chi connectivity index (χ0n) is 6.73. The van der Waals surface area contributed by atoms with Gasteiger partial charge < -0.3 is 5.01 Å². The molecule has 0 aromatic rings. The zero-order valence-corrected chi connectivity index (χ0v) is 6.73. The first-order chi connectivity index (χ1) is 4.22. The molecular formula is C7H16N2. The van der Waals surface area contributed by atoms with Crippen LogP contribution in [0.15, 0.2) is 11.8 Å². The van der Waals surface area contributed by atoms with Gasteiger partial charge in [0.25, 0.3) is 0 Å². The number of hydrogen-bond acceptors (Lipinski definition) is 2. The second-order valence-electron chi connectivity index (χ2n) is 2.04. The maximum Gasteiger partial charge on any atom is 0.0228 e. The van der Waals surface area contributed by atoms with Crippen LogP contribution in [-0.4, -0.2) is 19.1 Å². The van der Waals surface area contributed by atoms with Crippen LogP contribution in [0.3, 0.4) is 0 Å². The van der Waals surface area contributed by atoms with Crippen LogP contribution in [-0.2, 0) is 0 Å². The highest BCUT2D eigenvalue weighted by Gasteiger charge is 1.90. The van der Waals surface area contributed by atoms with Gasteiger partial charge in [-0.2, -0.15) is 0 Å². The Hall–Kier alpha value is -0.500. The molecule has 0 saturated heterocycles. The van der Waals surface area contributed by atoms with E-state index in [2.05, 4.69) is 25.3 Å². The number of nitrogens with one attached hydrogen (secondary N) is 1. The highest BCUT2D eigenvalue weighted by atomic mass is 15.5. The molecule has 2 nitrogen and oxygen atoms in total. The van der Waals surface area contributed by atoms with E-state index in [0.29, 0.717) is 0 Å². The van der Waals surface area contributed by atoms with Crippen molar-refractivity contribution < 1.29 is 0 Å². The highest BCUT2D eigenvalue weighted by Crippen LogP contribution is 1.95. The van der Waals surface area contributed by atoms with E-state index in [9.17, 15) is 0 Å². The van der Waals surface area contributed by atoms with E-state index in [1.807, 2.05) is 19.1 Å². The number of allylic oxidation sites excluding steroid dienone is 2. The Labute approximate surface area is 57.5 Å². The van der Waals surface area contributed by atoms with Crippen LogP contribution in [0.25, 0.3) is 0 Å². The largest absolute Gasteiger partial charge is 0.316 e. The maximum atomic E-state index is 3.01. The minimum Gasteiger partial charge on any atom is -0.316 e. The number of hydrazine groups is 1. The van der Waals surface area contributed by atoms with E-state index in [0.717, 1.165) is 6.42 Å². The maximum absolute atomic E-state index is 3.01. The Balaban J connectivity index is 3.70. The Morgan fingerprint density at radius 2 is 2.22 bits per heavy atom. The van der Waals surface area contributed by atoms with E-state index < -0.39 is 0 Å². The molecular weight excluding hydrogens is 112 g/mol. The zero-order chi connectivity index (χ0) is 7.28. The number of hydrogen-bond donors (Lipinski definition) is 1. The standard InChI is InChI=1S/C7H16N2/c1-5-6-7(2)9(4)8-3/h6,8H,5H2,1-4H3/b7-6+. The molecule has 0 amide bonds. The quantitative estimate of drug-likeness (QED) is 0.577. The van der Waals surface area contributed by atoms with Gasteiger partial charge in [0, 0.05) is 19.8 Å². The molecule has 9 heavy (non-hydrogen) atoms. The van der Waals surface area contributed by atoms with Crippen molar-refractivity contribution in [2.75, 3.05) is 14.1 Å². The Kier molecular flexibility index (Phi) is 4.14. The Morgan fingerprint density at radius 1 is 1.67 bits per heavy atom. The average Bonchev–Trinajstić information content (AvgIpc) is 1.87.